The van der Waals surface area contributed by atoms with Crippen molar-refractivity contribution in [3.63, 3.8) is 0 Å². The summed E-state index contributed by atoms with van der Waals surface area (Å²) in [7, 11) is 0. The van der Waals surface area contributed by atoms with Crippen LogP contribution in [0.2, 0.25) is 0 Å². The third kappa shape index (κ3) is 3.65. The van der Waals surface area contributed by atoms with Crippen molar-refractivity contribution in [1.82, 2.24) is 20.4 Å². The largest absolute Gasteiger partial charge is 0.480 e. The van der Waals surface area contributed by atoms with E-state index in [0.29, 0.717) is 10.9 Å². The summed E-state index contributed by atoms with van der Waals surface area (Å²) in [4.78, 5) is 36.1. The van der Waals surface area contributed by atoms with E-state index in [1.165, 1.54) is 18.7 Å². The van der Waals surface area contributed by atoms with E-state index in [1.54, 1.807) is 18.2 Å². The van der Waals surface area contributed by atoms with Gasteiger partial charge in [0.05, 0.1) is 5.52 Å². The van der Waals surface area contributed by atoms with E-state index in [2.05, 4.69) is 15.5 Å². The topological polar surface area (TPSA) is 115 Å². The van der Waals surface area contributed by atoms with Crippen LogP contribution in [0.15, 0.2) is 24.3 Å². The summed E-state index contributed by atoms with van der Waals surface area (Å²) in [5.74, 6) is -1.87. The maximum atomic E-state index is 12.7. The molecule has 0 saturated carbocycles. The number of fused-ring (bicyclic) bond motifs is 1. The molecule has 3 N–H and O–H groups in total. The number of carbonyl (C=O) groups is 3. The Bertz CT molecular complexity index is 740. The summed E-state index contributed by atoms with van der Waals surface area (Å²) in [6, 6.07) is 6.07. The third-order valence-corrected chi connectivity index (χ3v) is 3.49. The highest BCUT2D eigenvalue weighted by Gasteiger charge is 2.28. The molecule has 122 valence electrons. The number of hydrogen-bond acceptors (Lipinski definition) is 4. The van der Waals surface area contributed by atoms with Gasteiger partial charge in [0, 0.05) is 25.4 Å². The second-order valence-electron chi connectivity index (χ2n) is 5.11. The van der Waals surface area contributed by atoms with Crippen LogP contribution in [-0.4, -0.2) is 57.1 Å². The van der Waals surface area contributed by atoms with Gasteiger partial charge in [-0.25, -0.2) is 4.79 Å². The van der Waals surface area contributed by atoms with Crippen molar-refractivity contribution in [3.8, 4) is 0 Å². The van der Waals surface area contributed by atoms with Gasteiger partial charge in [0.2, 0.25) is 5.91 Å². The molecule has 1 atom stereocenters. The molecular weight excluding hydrogens is 300 g/mol. The average Bonchev–Trinajstić information content (AvgIpc) is 2.94. The summed E-state index contributed by atoms with van der Waals surface area (Å²) in [6.07, 6.45) is 0. The monoisotopic (exact) mass is 318 g/mol. The molecule has 0 aliphatic rings. The number of nitrogens with one attached hydrogen (secondary N) is 2. The van der Waals surface area contributed by atoms with Crippen molar-refractivity contribution in [2.24, 2.45) is 0 Å². The van der Waals surface area contributed by atoms with Crippen molar-refractivity contribution < 1.29 is 19.5 Å². The van der Waals surface area contributed by atoms with Gasteiger partial charge in [0.1, 0.15) is 6.04 Å². The van der Waals surface area contributed by atoms with Crippen molar-refractivity contribution in [1.29, 1.82) is 0 Å². The first-order chi connectivity index (χ1) is 10.9. The van der Waals surface area contributed by atoms with Gasteiger partial charge in [-0.2, -0.15) is 5.10 Å². The van der Waals surface area contributed by atoms with Crippen molar-refractivity contribution >= 4 is 28.7 Å². The van der Waals surface area contributed by atoms with Gasteiger partial charge in [-0.15, -0.1) is 0 Å². The molecule has 2 aromatic rings. The zero-order valence-corrected chi connectivity index (χ0v) is 12.9. The number of H-pyrrole nitrogens is 1. The minimum absolute atomic E-state index is 0.0765. The lowest BCUT2D eigenvalue weighted by Crippen LogP contribution is -2.46. The SMILES string of the molecule is CC(=O)NCCN(C(=O)c1n[nH]c2ccccc12)C(C)C(=O)O. The molecule has 0 radical (unpaired) electrons. The maximum absolute atomic E-state index is 12.7. The van der Waals surface area contributed by atoms with Gasteiger partial charge >= 0.3 is 5.97 Å². The zero-order valence-electron chi connectivity index (χ0n) is 12.9. The van der Waals surface area contributed by atoms with E-state index in [0.717, 1.165) is 0 Å². The number of para-hydroxylation sites is 1. The molecule has 2 amide bonds. The number of aromatic amines is 1. The maximum Gasteiger partial charge on any atom is 0.326 e. The minimum atomic E-state index is -1.12. The molecule has 1 aromatic carbocycles. The quantitative estimate of drug-likeness (QED) is 0.722. The summed E-state index contributed by atoms with van der Waals surface area (Å²) in [5, 5.41) is 19.1. The normalized spacial score (nSPS) is 11.9. The number of carboxylic acid groups (broad SMARTS) is 1. The number of hydrogen-bond donors (Lipinski definition) is 3. The van der Waals surface area contributed by atoms with Gasteiger partial charge in [-0.1, -0.05) is 18.2 Å². The Morgan fingerprint density at radius 1 is 1.35 bits per heavy atom. The lowest BCUT2D eigenvalue weighted by molar-refractivity contribution is -0.141. The molecule has 0 spiro atoms. The fourth-order valence-electron chi connectivity index (χ4n) is 2.22. The Morgan fingerprint density at radius 3 is 2.70 bits per heavy atom. The van der Waals surface area contributed by atoms with Gasteiger partial charge < -0.3 is 15.3 Å². The molecule has 0 saturated heterocycles. The summed E-state index contributed by atoms with van der Waals surface area (Å²) >= 11 is 0. The Labute approximate surface area is 132 Å². The highest BCUT2D eigenvalue weighted by Crippen LogP contribution is 2.18. The highest BCUT2D eigenvalue weighted by molar-refractivity contribution is 6.05. The van der Waals surface area contributed by atoms with Crippen LogP contribution in [0.1, 0.15) is 24.3 Å². The predicted octanol–water partition coefficient (Wildman–Crippen LogP) is 0.614. The second-order valence-corrected chi connectivity index (χ2v) is 5.11. The predicted molar refractivity (Wildman–Crippen MR) is 82.9 cm³/mol. The van der Waals surface area contributed by atoms with E-state index >= 15 is 0 Å². The van der Waals surface area contributed by atoms with E-state index in [9.17, 15) is 19.5 Å². The molecule has 1 heterocycles. The fraction of sp³-hybridized carbons (Fsp3) is 0.333. The van der Waals surface area contributed by atoms with E-state index in [-0.39, 0.29) is 24.7 Å². The Balaban J connectivity index is 2.28. The zero-order chi connectivity index (χ0) is 17.0. The van der Waals surface area contributed by atoms with Gasteiger partial charge in [0.15, 0.2) is 5.69 Å². The molecule has 2 rings (SSSR count). The van der Waals surface area contributed by atoms with Crippen LogP contribution in [0.4, 0.5) is 0 Å². The first kappa shape index (κ1) is 16.5. The molecule has 1 aromatic heterocycles. The molecule has 23 heavy (non-hydrogen) atoms. The van der Waals surface area contributed by atoms with Crippen LogP contribution in [0.25, 0.3) is 10.9 Å². The van der Waals surface area contributed by atoms with Crippen molar-refractivity contribution in [2.45, 2.75) is 19.9 Å². The molecule has 0 fully saturated rings. The smallest absolute Gasteiger partial charge is 0.326 e. The van der Waals surface area contributed by atoms with Crippen LogP contribution in [0.3, 0.4) is 0 Å². The number of carboxylic acids is 1. The molecular formula is C15H18N4O4. The molecule has 8 nitrogen and oxygen atoms in total. The van der Waals surface area contributed by atoms with Crippen molar-refractivity contribution in [3.05, 3.63) is 30.0 Å². The first-order valence-corrected chi connectivity index (χ1v) is 7.13. The van der Waals surface area contributed by atoms with Crippen LogP contribution in [0, 0.1) is 0 Å². The van der Waals surface area contributed by atoms with E-state index in [1.807, 2.05) is 6.07 Å². The fourth-order valence-corrected chi connectivity index (χ4v) is 2.22. The lowest BCUT2D eigenvalue weighted by Gasteiger charge is -2.26. The number of carbonyl (C=O) groups excluding carboxylic acids is 2. The summed E-state index contributed by atoms with van der Waals surface area (Å²) in [5.41, 5.74) is 0.858. The summed E-state index contributed by atoms with van der Waals surface area (Å²) in [6.45, 7) is 3.02. The van der Waals surface area contributed by atoms with Crippen LogP contribution < -0.4 is 5.32 Å². The molecule has 0 bridgehead atoms. The number of benzene rings is 1. The second kappa shape index (κ2) is 6.91. The Hall–Kier alpha value is -2.90. The van der Waals surface area contributed by atoms with Gasteiger partial charge in [0.25, 0.3) is 5.91 Å². The van der Waals surface area contributed by atoms with Gasteiger partial charge in [-0.3, -0.25) is 14.7 Å². The number of aromatic nitrogens is 2. The number of rotatable bonds is 6. The number of amides is 2. The molecule has 0 aliphatic heterocycles. The third-order valence-electron chi connectivity index (χ3n) is 3.49. The van der Waals surface area contributed by atoms with Crippen LogP contribution in [0.5, 0.6) is 0 Å². The molecule has 0 aliphatic carbocycles. The van der Waals surface area contributed by atoms with E-state index in [4.69, 9.17) is 0 Å². The van der Waals surface area contributed by atoms with Crippen LogP contribution >= 0.6 is 0 Å². The van der Waals surface area contributed by atoms with Gasteiger partial charge in [-0.05, 0) is 13.0 Å². The Kier molecular flexibility index (Phi) is 4.95. The molecule has 1 unspecified atom stereocenters. The van der Waals surface area contributed by atoms with Crippen molar-refractivity contribution in [2.75, 3.05) is 13.1 Å². The molecule has 8 heteroatoms. The summed E-state index contributed by atoms with van der Waals surface area (Å²) < 4.78 is 0. The lowest BCUT2D eigenvalue weighted by atomic mass is 10.1. The number of aliphatic carboxylic acids is 1. The average molecular weight is 318 g/mol. The first-order valence-electron chi connectivity index (χ1n) is 7.13. The highest BCUT2D eigenvalue weighted by atomic mass is 16.4. The minimum Gasteiger partial charge on any atom is -0.480 e. The standard InChI is InChI=1S/C15H18N4O4/c1-9(15(22)23)19(8-7-16-10(2)20)14(21)13-11-5-3-4-6-12(11)17-18-13/h3-6,9H,7-8H2,1-2H3,(H,16,20)(H,17,18)(H,22,23). The Morgan fingerprint density at radius 2 is 2.04 bits per heavy atom. The number of nitrogens with zero attached hydrogens (tertiary/aromatic N) is 2. The van der Waals surface area contributed by atoms with E-state index < -0.39 is 17.9 Å². The van der Waals surface area contributed by atoms with Crippen LogP contribution in [-0.2, 0) is 9.59 Å².